The molecule has 1 amide bonds. The molecule has 0 bridgehead atoms. The van der Waals surface area contributed by atoms with Gasteiger partial charge in [-0.15, -0.1) is 0 Å². The lowest BCUT2D eigenvalue weighted by atomic mass is 10.0. The van der Waals surface area contributed by atoms with Crippen LogP contribution in [0.15, 0.2) is 17.1 Å². The molecule has 0 saturated carbocycles. The molecule has 0 radical (unpaired) electrons. The number of hydrogen-bond acceptors (Lipinski definition) is 3. The number of hydrogen-bond donors (Lipinski definition) is 3. The van der Waals surface area contributed by atoms with Crippen LogP contribution in [0.4, 0.5) is 18.9 Å². The van der Waals surface area contributed by atoms with Crippen LogP contribution in [0.5, 0.6) is 0 Å². The Labute approximate surface area is 163 Å². The number of carbonyl (C=O) groups excluding carboxylic acids is 1. The molecule has 1 rings (SSSR count). The van der Waals surface area contributed by atoms with Crippen molar-refractivity contribution in [2.45, 2.75) is 40.2 Å². The molecule has 0 heterocycles. The summed E-state index contributed by atoms with van der Waals surface area (Å²) in [6.45, 7) is 9.50. The van der Waals surface area contributed by atoms with Gasteiger partial charge in [0, 0.05) is 19.7 Å². The van der Waals surface area contributed by atoms with Crippen molar-refractivity contribution in [2.75, 3.05) is 31.6 Å². The molecule has 158 valence electrons. The summed E-state index contributed by atoms with van der Waals surface area (Å²) >= 11 is 0. The highest BCUT2D eigenvalue weighted by molar-refractivity contribution is 5.94. The van der Waals surface area contributed by atoms with Crippen LogP contribution >= 0.6 is 0 Å². The van der Waals surface area contributed by atoms with Gasteiger partial charge in [-0.05, 0) is 38.3 Å². The van der Waals surface area contributed by atoms with Crippen LogP contribution in [0, 0.1) is 23.4 Å². The average molecular weight is 402 g/mol. The second-order valence-electron chi connectivity index (χ2n) is 6.42. The normalized spacial score (nSPS) is 12.8. The van der Waals surface area contributed by atoms with Crippen LogP contribution in [0.2, 0.25) is 0 Å². The van der Waals surface area contributed by atoms with Gasteiger partial charge in [-0.2, -0.15) is 0 Å². The summed E-state index contributed by atoms with van der Waals surface area (Å²) in [6, 6.07) is 1.70. The summed E-state index contributed by atoms with van der Waals surface area (Å²) in [4.78, 5) is 16.1. The molecule has 0 spiro atoms. The number of amides is 1. The summed E-state index contributed by atoms with van der Waals surface area (Å²) in [7, 11) is 0. The molecule has 0 saturated heterocycles. The highest BCUT2D eigenvalue weighted by Gasteiger charge is 2.15. The van der Waals surface area contributed by atoms with Gasteiger partial charge in [-0.1, -0.05) is 13.8 Å². The maximum Gasteiger partial charge on any atom is 0.246 e. The fraction of sp³-hybridized carbons (Fsp3) is 0.579. The van der Waals surface area contributed by atoms with Crippen molar-refractivity contribution in [3.63, 3.8) is 0 Å². The summed E-state index contributed by atoms with van der Waals surface area (Å²) in [5.74, 6) is -4.26. The Hall–Kier alpha value is -2.29. The van der Waals surface area contributed by atoms with Crippen LogP contribution in [0.1, 0.15) is 34.1 Å². The number of nitrogens with one attached hydrogen (secondary N) is 3. The molecular formula is C19H29F3N4O2. The topological polar surface area (TPSA) is 74.8 Å². The van der Waals surface area contributed by atoms with Crippen molar-refractivity contribution in [2.24, 2.45) is 10.9 Å². The van der Waals surface area contributed by atoms with Gasteiger partial charge >= 0.3 is 0 Å². The molecule has 1 aromatic rings. The predicted molar refractivity (Wildman–Crippen MR) is 104 cm³/mol. The first-order valence-corrected chi connectivity index (χ1v) is 9.37. The molecule has 9 heteroatoms. The zero-order valence-corrected chi connectivity index (χ0v) is 16.7. The molecule has 6 nitrogen and oxygen atoms in total. The molecule has 0 aliphatic carbocycles. The first kappa shape index (κ1) is 23.7. The van der Waals surface area contributed by atoms with E-state index >= 15 is 0 Å². The SMILES string of the molecule is CCNC(=NCC(=O)Nc1ccc(F)c(F)c1F)NCCC(OCC)C(C)C. The molecule has 0 aliphatic rings. The van der Waals surface area contributed by atoms with Crippen LogP contribution in [0.3, 0.4) is 0 Å². The van der Waals surface area contributed by atoms with Gasteiger partial charge in [-0.25, -0.2) is 18.2 Å². The van der Waals surface area contributed by atoms with E-state index in [9.17, 15) is 18.0 Å². The number of anilines is 1. The minimum atomic E-state index is -1.63. The van der Waals surface area contributed by atoms with Crippen molar-refractivity contribution >= 4 is 17.6 Å². The molecular weight excluding hydrogens is 373 g/mol. The Kier molecular flexibility index (Phi) is 10.4. The number of rotatable bonds is 10. The number of ether oxygens (including phenoxy) is 1. The average Bonchev–Trinajstić information content (AvgIpc) is 2.65. The fourth-order valence-electron chi connectivity index (χ4n) is 2.46. The Morgan fingerprint density at radius 1 is 1.14 bits per heavy atom. The summed E-state index contributed by atoms with van der Waals surface area (Å²) in [6.07, 6.45) is 0.877. The van der Waals surface area contributed by atoms with Crippen molar-refractivity contribution in [3.8, 4) is 0 Å². The first-order valence-electron chi connectivity index (χ1n) is 9.37. The van der Waals surface area contributed by atoms with Gasteiger partial charge in [0.1, 0.15) is 6.54 Å². The van der Waals surface area contributed by atoms with E-state index in [0.29, 0.717) is 31.6 Å². The van der Waals surface area contributed by atoms with Crippen molar-refractivity contribution in [1.82, 2.24) is 10.6 Å². The summed E-state index contributed by atoms with van der Waals surface area (Å²) < 4.78 is 45.4. The third-order valence-electron chi connectivity index (χ3n) is 3.88. The monoisotopic (exact) mass is 402 g/mol. The highest BCUT2D eigenvalue weighted by atomic mass is 19.2. The van der Waals surface area contributed by atoms with E-state index in [-0.39, 0.29) is 12.6 Å². The van der Waals surface area contributed by atoms with Gasteiger partial charge in [0.05, 0.1) is 11.8 Å². The molecule has 3 N–H and O–H groups in total. The van der Waals surface area contributed by atoms with E-state index < -0.39 is 29.0 Å². The van der Waals surface area contributed by atoms with Crippen LogP contribution in [0.25, 0.3) is 0 Å². The maximum absolute atomic E-state index is 13.6. The number of guanidine groups is 1. The highest BCUT2D eigenvalue weighted by Crippen LogP contribution is 2.19. The van der Waals surface area contributed by atoms with Gasteiger partial charge in [0.2, 0.25) is 5.91 Å². The van der Waals surface area contributed by atoms with Crippen molar-refractivity contribution in [1.29, 1.82) is 0 Å². The Morgan fingerprint density at radius 3 is 2.46 bits per heavy atom. The van der Waals surface area contributed by atoms with Crippen LogP contribution in [-0.4, -0.2) is 44.2 Å². The molecule has 1 atom stereocenters. The minimum Gasteiger partial charge on any atom is -0.378 e. The number of aliphatic imine (C=N–C) groups is 1. The number of benzene rings is 1. The maximum atomic E-state index is 13.6. The predicted octanol–water partition coefficient (Wildman–Crippen LogP) is 3.05. The summed E-state index contributed by atoms with van der Waals surface area (Å²) in [5, 5.41) is 8.28. The van der Waals surface area contributed by atoms with E-state index in [4.69, 9.17) is 4.74 Å². The standard InChI is InChI=1S/C19H29F3N4O2/c1-5-23-19(24-10-9-15(12(3)4)28-6-2)25-11-16(27)26-14-8-7-13(20)17(21)18(14)22/h7-8,12,15H,5-6,9-11H2,1-4H3,(H,26,27)(H2,23,24,25). The second-order valence-corrected chi connectivity index (χ2v) is 6.42. The largest absolute Gasteiger partial charge is 0.378 e. The summed E-state index contributed by atoms with van der Waals surface area (Å²) in [5.41, 5.74) is -0.437. The van der Waals surface area contributed by atoms with Crippen LogP contribution in [-0.2, 0) is 9.53 Å². The van der Waals surface area contributed by atoms with E-state index in [2.05, 4.69) is 34.8 Å². The number of carbonyl (C=O) groups is 1. The number of halogens is 3. The Bertz CT molecular complexity index is 669. The van der Waals surface area contributed by atoms with E-state index in [0.717, 1.165) is 18.6 Å². The van der Waals surface area contributed by atoms with Gasteiger partial charge in [0.25, 0.3) is 0 Å². The first-order chi connectivity index (χ1) is 13.3. The lowest BCUT2D eigenvalue weighted by Gasteiger charge is -2.21. The number of nitrogens with zero attached hydrogens (tertiary/aromatic N) is 1. The third-order valence-corrected chi connectivity index (χ3v) is 3.88. The lowest BCUT2D eigenvalue weighted by molar-refractivity contribution is -0.114. The molecule has 28 heavy (non-hydrogen) atoms. The Morgan fingerprint density at radius 2 is 1.86 bits per heavy atom. The third kappa shape index (κ3) is 7.75. The van der Waals surface area contributed by atoms with Gasteiger partial charge in [-0.3, -0.25) is 4.79 Å². The molecule has 0 fully saturated rings. The van der Waals surface area contributed by atoms with E-state index in [1.807, 2.05) is 13.8 Å². The lowest BCUT2D eigenvalue weighted by Crippen LogP contribution is -2.40. The van der Waals surface area contributed by atoms with Crippen molar-refractivity contribution < 1.29 is 22.7 Å². The van der Waals surface area contributed by atoms with E-state index in [1.54, 1.807) is 0 Å². The quantitative estimate of drug-likeness (QED) is 0.320. The fourth-order valence-corrected chi connectivity index (χ4v) is 2.46. The molecule has 1 aromatic carbocycles. The van der Waals surface area contributed by atoms with Crippen LogP contribution < -0.4 is 16.0 Å². The molecule has 1 unspecified atom stereocenters. The van der Waals surface area contributed by atoms with Gasteiger partial charge in [0.15, 0.2) is 23.4 Å². The van der Waals surface area contributed by atoms with E-state index in [1.165, 1.54) is 0 Å². The zero-order valence-electron chi connectivity index (χ0n) is 16.7. The minimum absolute atomic E-state index is 0.111. The van der Waals surface area contributed by atoms with Gasteiger partial charge < -0.3 is 20.7 Å². The smallest absolute Gasteiger partial charge is 0.246 e. The molecule has 0 aromatic heterocycles. The zero-order chi connectivity index (χ0) is 21.1. The Balaban J connectivity index is 2.61. The van der Waals surface area contributed by atoms with Crippen molar-refractivity contribution in [3.05, 3.63) is 29.6 Å². The second kappa shape index (κ2) is 12.2. The molecule has 0 aliphatic heterocycles.